The number of halogens is 3. The summed E-state index contributed by atoms with van der Waals surface area (Å²) < 4.78 is 42.2. The van der Waals surface area contributed by atoms with Gasteiger partial charge in [-0.15, -0.1) is 0 Å². The second-order valence-electron chi connectivity index (χ2n) is 5.07. The molecule has 1 rings (SSSR count). The number of anilines is 1. The van der Waals surface area contributed by atoms with Crippen molar-refractivity contribution in [1.82, 2.24) is 5.32 Å². The number of alkyl halides is 3. The van der Waals surface area contributed by atoms with Gasteiger partial charge in [0.05, 0.1) is 5.56 Å². The molecule has 0 aromatic heterocycles. The molecule has 0 spiro atoms. The van der Waals surface area contributed by atoms with Crippen molar-refractivity contribution in [2.24, 2.45) is 5.73 Å². The van der Waals surface area contributed by atoms with Crippen LogP contribution in [0, 0.1) is 0 Å². The molecule has 0 saturated carbocycles. The van der Waals surface area contributed by atoms with E-state index in [4.69, 9.17) is 10.5 Å². The van der Waals surface area contributed by atoms with Crippen LogP contribution in [0.4, 0.5) is 23.7 Å². The minimum Gasteiger partial charge on any atom is -0.454 e. The summed E-state index contributed by atoms with van der Waals surface area (Å²) in [7, 11) is 0. The highest BCUT2D eigenvalue weighted by atomic mass is 32.2. The molecule has 0 aliphatic carbocycles. The fourth-order valence-corrected chi connectivity index (χ4v) is 2.30. The Morgan fingerprint density at radius 3 is 2.35 bits per heavy atom. The fraction of sp³-hybridized carbons (Fsp3) is 0.400. The lowest BCUT2D eigenvalue weighted by Crippen LogP contribution is -2.45. The van der Waals surface area contributed by atoms with Crippen molar-refractivity contribution in [3.05, 3.63) is 29.8 Å². The van der Waals surface area contributed by atoms with E-state index in [-0.39, 0.29) is 12.1 Å². The molecule has 1 aromatic rings. The normalized spacial score (nSPS) is 12.2. The zero-order valence-corrected chi connectivity index (χ0v) is 14.6. The number of carbonyl (C=O) groups is 3. The molecular weight excluding hydrogens is 375 g/mol. The third-order valence-electron chi connectivity index (χ3n) is 3.05. The van der Waals surface area contributed by atoms with Crippen molar-refractivity contribution in [3.63, 3.8) is 0 Å². The fourth-order valence-electron chi connectivity index (χ4n) is 1.83. The molecule has 0 bridgehead atoms. The largest absolute Gasteiger partial charge is 0.454 e. The highest BCUT2D eigenvalue weighted by Crippen LogP contribution is 2.29. The molecule has 11 heteroatoms. The Kier molecular flexibility index (Phi) is 8.23. The Balaban J connectivity index is 2.53. The van der Waals surface area contributed by atoms with Gasteiger partial charge in [-0.3, -0.25) is 4.79 Å². The number of rotatable bonds is 8. The van der Waals surface area contributed by atoms with Gasteiger partial charge in [-0.1, -0.05) is 0 Å². The summed E-state index contributed by atoms with van der Waals surface area (Å²) in [6.45, 7) is -0.657. The molecule has 0 heterocycles. The molecule has 1 atom stereocenters. The number of ether oxygens (including phenoxy) is 1. The summed E-state index contributed by atoms with van der Waals surface area (Å²) in [6, 6.07) is 1.91. The first-order valence-electron chi connectivity index (χ1n) is 7.32. The summed E-state index contributed by atoms with van der Waals surface area (Å²) in [6.07, 6.45) is -2.40. The summed E-state index contributed by atoms with van der Waals surface area (Å²) in [5.41, 5.74) is 4.25. The number of amides is 3. The summed E-state index contributed by atoms with van der Waals surface area (Å²) in [4.78, 5) is 34.5. The maximum atomic E-state index is 12.5. The Morgan fingerprint density at radius 2 is 1.85 bits per heavy atom. The van der Waals surface area contributed by atoms with Crippen LogP contribution in [-0.4, -0.2) is 42.6 Å². The number of esters is 1. The van der Waals surface area contributed by atoms with Crippen molar-refractivity contribution >= 4 is 35.4 Å². The Labute approximate surface area is 151 Å². The third kappa shape index (κ3) is 7.64. The first kappa shape index (κ1) is 21.6. The lowest BCUT2D eigenvalue weighted by atomic mass is 10.2. The molecular formula is C15H18F3N3O4S. The van der Waals surface area contributed by atoms with Gasteiger partial charge in [0.2, 0.25) is 0 Å². The van der Waals surface area contributed by atoms with Gasteiger partial charge < -0.3 is 21.1 Å². The van der Waals surface area contributed by atoms with Crippen LogP contribution in [0.25, 0.3) is 0 Å². The topological polar surface area (TPSA) is 111 Å². The summed E-state index contributed by atoms with van der Waals surface area (Å²) in [5, 5.41) is 4.52. The molecule has 7 nitrogen and oxygen atoms in total. The van der Waals surface area contributed by atoms with Crippen LogP contribution < -0.4 is 16.4 Å². The van der Waals surface area contributed by atoms with Gasteiger partial charge in [-0.05, 0) is 42.7 Å². The maximum absolute atomic E-state index is 12.5. The molecule has 0 aliphatic rings. The first-order chi connectivity index (χ1) is 12.1. The van der Waals surface area contributed by atoms with E-state index in [1.807, 2.05) is 6.26 Å². The molecule has 1 aromatic carbocycles. The smallest absolute Gasteiger partial charge is 0.416 e. The second-order valence-corrected chi connectivity index (χ2v) is 6.06. The molecule has 0 saturated heterocycles. The first-order valence-corrected chi connectivity index (χ1v) is 8.71. The molecule has 144 valence electrons. The zero-order chi connectivity index (χ0) is 19.7. The van der Waals surface area contributed by atoms with Crippen LogP contribution in [0.5, 0.6) is 0 Å². The molecule has 0 aliphatic heterocycles. The van der Waals surface area contributed by atoms with E-state index in [1.165, 1.54) is 11.8 Å². The molecule has 4 N–H and O–H groups in total. The Bertz CT molecular complexity index is 638. The minimum absolute atomic E-state index is 0.119. The van der Waals surface area contributed by atoms with Gasteiger partial charge in [0.25, 0.3) is 5.91 Å². The average molecular weight is 393 g/mol. The van der Waals surface area contributed by atoms with E-state index in [0.717, 1.165) is 24.3 Å². The van der Waals surface area contributed by atoms with Crippen LogP contribution >= 0.6 is 11.8 Å². The number of hydrogen-bond acceptors (Lipinski definition) is 5. The van der Waals surface area contributed by atoms with Gasteiger partial charge in [-0.25, -0.2) is 9.59 Å². The number of thioether (sulfide) groups is 1. The third-order valence-corrected chi connectivity index (χ3v) is 3.70. The van der Waals surface area contributed by atoms with Crippen LogP contribution in [-0.2, 0) is 20.5 Å². The quantitative estimate of drug-likeness (QED) is 0.585. The van der Waals surface area contributed by atoms with E-state index in [1.54, 1.807) is 0 Å². The van der Waals surface area contributed by atoms with E-state index >= 15 is 0 Å². The highest BCUT2D eigenvalue weighted by molar-refractivity contribution is 7.98. The van der Waals surface area contributed by atoms with Crippen LogP contribution in [0.3, 0.4) is 0 Å². The van der Waals surface area contributed by atoms with Crippen molar-refractivity contribution < 1.29 is 32.3 Å². The number of nitrogens with one attached hydrogen (secondary N) is 2. The molecule has 0 unspecified atom stereocenters. The number of primary amides is 1. The van der Waals surface area contributed by atoms with Crippen molar-refractivity contribution in [2.45, 2.75) is 18.6 Å². The van der Waals surface area contributed by atoms with Crippen molar-refractivity contribution in [3.8, 4) is 0 Å². The summed E-state index contributed by atoms with van der Waals surface area (Å²) >= 11 is 1.44. The van der Waals surface area contributed by atoms with E-state index in [9.17, 15) is 27.6 Å². The molecule has 0 fully saturated rings. The van der Waals surface area contributed by atoms with Gasteiger partial charge in [0, 0.05) is 5.69 Å². The van der Waals surface area contributed by atoms with E-state index < -0.39 is 42.3 Å². The lowest BCUT2D eigenvalue weighted by Gasteiger charge is -2.16. The molecule has 26 heavy (non-hydrogen) atoms. The van der Waals surface area contributed by atoms with Crippen LogP contribution in [0.15, 0.2) is 24.3 Å². The lowest BCUT2D eigenvalue weighted by molar-refractivity contribution is -0.149. The zero-order valence-electron chi connectivity index (χ0n) is 13.8. The summed E-state index contributed by atoms with van der Waals surface area (Å²) in [5.74, 6) is -1.01. The van der Waals surface area contributed by atoms with E-state index in [2.05, 4.69) is 10.6 Å². The standard InChI is InChI=1S/C15H18F3N3O4S/c1-26-7-6-11(21-14(19)24)13(23)25-8-12(22)20-10-4-2-9(3-5-10)15(16,17)18/h2-5,11H,6-8H2,1H3,(H,20,22)(H3,19,21,24)/t11-/m0/s1. The number of urea groups is 1. The van der Waals surface area contributed by atoms with Gasteiger partial charge in [0.1, 0.15) is 6.04 Å². The van der Waals surface area contributed by atoms with Gasteiger partial charge >= 0.3 is 18.2 Å². The Morgan fingerprint density at radius 1 is 1.23 bits per heavy atom. The minimum atomic E-state index is -4.47. The highest BCUT2D eigenvalue weighted by Gasteiger charge is 2.30. The number of carbonyl (C=O) groups excluding carboxylic acids is 3. The Hall–Kier alpha value is -2.43. The predicted octanol–water partition coefficient (Wildman–Crippen LogP) is 1.98. The predicted molar refractivity (Wildman–Crippen MR) is 90.5 cm³/mol. The number of nitrogens with two attached hydrogens (primary N) is 1. The SMILES string of the molecule is CSCC[C@H](NC(N)=O)C(=O)OCC(=O)Nc1ccc(C(F)(F)F)cc1. The maximum Gasteiger partial charge on any atom is 0.416 e. The van der Waals surface area contributed by atoms with Crippen molar-refractivity contribution in [2.75, 3.05) is 23.9 Å². The second kappa shape index (κ2) is 9.90. The molecule has 0 radical (unpaired) electrons. The number of hydrogen-bond donors (Lipinski definition) is 3. The van der Waals surface area contributed by atoms with Crippen LogP contribution in [0.1, 0.15) is 12.0 Å². The van der Waals surface area contributed by atoms with Crippen molar-refractivity contribution in [1.29, 1.82) is 0 Å². The number of benzene rings is 1. The van der Waals surface area contributed by atoms with E-state index in [0.29, 0.717) is 5.75 Å². The van der Waals surface area contributed by atoms with Gasteiger partial charge in [-0.2, -0.15) is 24.9 Å². The van der Waals surface area contributed by atoms with Crippen LogP contribution in [0.2, 0.25) is 0 Å². The van der Waals surface area contributed by atoms with Gasteiger partial charge in [0.15, 0.2) is 6.61 Å². The molecule has 3 amide bonds. The average Bonchev–Trinajstić information content (AvgIpc) is 2.55. The monoisotopic (exact) mass is 393 g/mol.